The summed E-state index contributed by atoms with van der Waals surface area (Å²) in [5.74, 6) is -0.536. The van der Waals surface area contributed by atoms with Gasteiger partial charge in [0.15, 0.2) is 0 Å². The van der Waals surface area contributed by atoms with Crippen LogP contribution < -0.4 is 14.4 Å². The van der Waals surface area contributed by atoms with Gasteiger partial charge in [-0.25, -0.2) is 8.42 Å². The Morgan fingerprint density at radius 3 is 2.20 bits per heavy atom. The van der Waals surface area contributed by atoms with Gasteiger partial charge in [-0.3, -0.25) is 13.9 Å². The van der Waals surface area contributed by atoms with Crippen LogP contribution in [-0.2, 0) is 26.2 Å². The molecule has 0 saturated carbocycles. The highest BCUT2D eigenvalue weighted by molar-refractivity contribution is 7.92. The number of sulfonamides is 1. The zero-order chi connectivity index (χ0) is 30.3. The molecule has 2 atom stereocenters. The SMILES string of the molecule is CC[C@@H](C)NC(=O)[C@H](C)N(Cc1ccc(Cl)cc1Cl)C(=O)CN(c1cccc(Cl)c1)S(=O)(=O)c1ccc(OC)cc1. The molecule has 0 aliphatic carbocycles. The Morgan fingerprint density at radius 2 is 1.61 bits per heavy atom. The summed E-state index contributed by atoms with van der Waals surface area (Å²) >= 11 is 18.7. The minimum Gasteiger partial charge on any atom is -0.497 e. The van der Waals surface area contributed by atoms with Crippen LogP contribution in [0.3, 0.4) is 0 Å². The van der Waals surface area contributed by atoms with E-state index in [0.717, 1.165) is 4.31 Å². The summed E-state index contributed by atoms with van der Waals surface area (Å²) < 4.78 is 33.9. The van der Waals surface area contributed by atoms with Gasteiger partial charge in [0, 0.05) is 27.7 Å². The molecule has 3 aromatic rings. The molecule has 3 rings (SSSR count). The molecule has 0 spiro atoms. The maximum Gasteiger partial charge on any atom is 0.264 e. The Bertz CT molecular complexity index is 1490. The van der Waals surface area contributed by atoms with Crippen molar-refractivity contribution in [3.05, 3.63) is 87.4 Å². The Labute approximate surface area is 256 Å². The summed E-state index contributed by atoms with van der Waals surface area (Å²) in [7, 11) is -2.78. The summed E-state index contributed by atoms with van der Waals surface area (Å²) in [6.07, 6.45) is 0.693. The van der Waals surface area contributed by atoms with E-state index in [0.29, 0.717) is 27.8 Å². The third-order valence-corrected chi connectivity index (χ3v) is 9.16. The second kappa shape index (κ2) is 14.3. The minimum atomic E-state index is -4.25. The van der Waals surface area contributed by atoms with Crippen molar-refractivity contribution in [2.24, 2.45) is 0 Å². The van der Waals surface area contributed by atoms with Crippen molar-refractivity contribution < 1.29 is 22.7 Å². The molecule has 0 aliphatic rings. The standard InChI is InChI=1S/C29H32Cl3N3O5S/c1-5-19(2)33-29(37)20(3)34(17-21-9-10-23(31)16-27(21)32)28(36)18-35(24-8-6-7-22(30)15-24)41(38,39)26-13-11-25(40-4)12-14-26/h6-16,19-20H,5,17-18H2,1-4H3,(H,33,37)/t19-,20+/m1/s1. The van der Waals surface area contributed by atoms with E-state index < -0.39 is 28.5 Å². The van der Waals surface area contributed by atoms with Crippen molar-refractivity contribution >= 4 is 62.3 Å². The summed E-state index contributed by atoms with van der Waals surface area (Å²) in [4.78, 5) is 28.4. The molecule has 0 bridgehead atoms. The summed E-state index contributed by atoms with van der Waals surface area (Å²) in [6.45, 7) is 4.70. The smallest absolute Gasteiger partial charge is 0.264 e. The number of ether oxygens (including phenoxy) is 1. The predicted molar refractivity (Wildman–Crippen MR) is 163 cm³/mol. The topological polar surface area (TPSA) is 96.0 Å². The maximum absolute atomic E-state index is 14.0. The highest BCUT2D eigenvalue weighted by Crippen LogP contribution is 2.28. The van der Waals surface area contributed by atoms with Crippen LogP contribution in [0, 0.1) is 0 Å². The third kappa shape index (κ3) is 8.29. The normalized spacial score (nSPS) is 12.8. The number of rotatable bonds is 12. The number of carbonyl (C=O) groups excluding carboxylic acids is 2. The van der Waals surface area contributed by atoms with Gasteiger partial charge in [-0.1, -0.05) is 53.9 Å². The van der Waals surface area contributed by atoms with Gasteiger partial charge in [0.05, 0.1) is 17.7 Å². The first kappa shape index (κ1) is 32.5. The molecule has 12 heteroatoms. The molecule has 0 aromatic heterocycles. The molecular formula is C29H32Cl3N3O5S. The van der Waals surface area contributed by atoms with Gasteiger partial charge >= 0.3 is 0 Å². The van der Waals surface area contributed by atoms with Crippen LogP contribution in [0.1, 0.15) is 32.8 Å². The maximum atomic E-state index is 14.0. The first-order valence-electron chi connectivity index (χ1n) is 12.8. The second-order valence-corrected chi connectivity index (χ2v) is 12.6. The summed E-state index contributed by atoms with van der Waals surface area (Å²) in [6, 6.07) is 15.7. The largest absolute Gasteiger partial charge is 0.497 e. The van der Waals surface area contributed by atoms with Crippen LogP contribution in [-0.4, -0.2) is 50.9 Å². The van der Waals surface area contributed by atoms with E-state index in [1.165, 1.54) is 48.4 Å². The van der Waals surface area contributed by atoms with Crippen LogP contribution in [0.2, 0.25) is 15.1 Å². The molecule has 0 saturated heterocycles. The molecule has 0 radical (unpaired) electrons. The van der Waals surface area contributed by atoms with Crippen molar-refractivity contribution in [2.75, 3.05) is 18.0 Å². The number of carbonyl (C=O) groups is 2. The van der Waals surface area contributed by atoms with Gasteiger partial charge in [0.2, 0.25) is 11.8 Å². The van der Waals surface area contributed by atoms with Crippen molar-refractivity contribution in [3.63, 3.8) is 0 Å². The molecule has 8 nitrogen and oxygen atoms in total. The quantitative estimate of drug-likeness (QED) is 0.255. The van der Waals surface area contributed by atoms with Gasteiger partial charge in [-0.15, -0.1) is 0 Å². The number of halogens is 3. The lowest BCUT2D eigenvalue weighted by Crippen LogP contribution is -2.52. The van der Waals surface area contributed by atoms with Crippen molar-refractivity contribution in [2.45, 2.75) is 50.7 Å². The average Bonchev–Trinajstić information content (AvgIpc) is 2.94. The lowest BCUT2D eigenvalue weighted by atomic mass is 10.1. The summed E-state index contributed by atoms with van der Waals surface area (Å²) in [5.41, 5.74) is 0.725. The molecule has 0 unspecified atom stereocenters. The van der Waals surface area contributed by atoms with Crippen LogP contribution >= 0.6 is 34.8 Å². The minimum absolute atomic E-state index is 0.0547. The van der Waals surface area contributed by atoms with E-state index in [-0.39, 0.29) is 34.1 Å². The lowest BCUT2D eigenvalue weighted by molar-refractivity contribution is -0.139. The number of amides is 2. The van der Waals surface area contributed by atoms with Crippen molar-refractivity contribution in [3.8, 4) is 5.75 Å². The Morgan fingerprint density at radius 1 is 0.951 bits per heavy atom. The van der Waals surface area contributed by atoms with Crippen molar-refractivity contribution in [1.82, 2.24) is 10.2 Å². The van der Waals surface area contributed by atoms with E-state index >= 15 is 0 Å². The Kier molecular flexibility index (Phi) is 11.3. The molecule has 3 aromatic carbocycles. The zero-order valence-electron chi connectivity index (χ0n) is 23.1. The highest BCUT2D eigenvalue weighted by atomic mass is 35.5. The Hall–Kier alpha value is -2.98. The Balaban J connectivity index is 2.05. The number of methoxy groups -OCH3 is 1. The predicted octanol–water partition coefficient (Wildman–Crippen LogP) is 6.18. The van der Waals surface area contributed by atoms with E-state index in [9.17, 15) is 18.0 Å². The van der Waals surface area contributed by atoms with Crippen LogP contribution in [0.25, 0.3) is 0 Å². The number of anilines is 1. The highest BCUT2D eigenvalue weighted by Gasteiger charge is 2.33. The lowest BCUT2D eigenvalue weighted by Gasteiger charge is -2.32. The number of benzene rings is 3. The van der Waals surface area contributed by atoms with Gasteiger partial charge in [-0.05, 0) is 80.4 Å². The van der Waals surface area contributed by atoms with Crippen LogP contribution in [0.15, 0.2) is 71.6 Å². The van der Waals surface area contributed by atoms with E-state index in [1.807, 2.05) is 13.8 Å². The zero-order valence-corrected chi connectivity index (χ0v) is 26.2. The number of nitrogens with zero attached hydrogens (tertiary/aromatic N) is 2. The fourth-order valence-corrected chi connectivity index (χ4v) is 5.98. The first-order valence-corrected chi connectivity index (χ1v) is 15.4. The van der Waals surface area contributed by atoms with Gasteiger partial charge in [-0.2, -0.15) is 0 Å². The fourth-order valence-electron chi connectivity index (χ4n) is 3.92. The number of hydrogen-bond acceptors (Lipinski definition) is 5. The molecule has 0 aliphatic heterocycles. The van der Waals surface area contributed by atoms with E-state index in [2.05, 4.69) is 5.32 Å². The van der Waals surface area contributed by atoms with E-state index in [4.69, 9.17) is 39.5 Å². The summed E-state index contributed by atoms with van der Waals surface area (Å²) in [5, 5.41) is 3.89. The molecule has 2 amide bonds. The molecule has 0 heterocycles. The van der Waals surface area contributed by atoms with Crippen LogP contribution in [0.4, 0.5) is 5.69 Å². The van der Waals surface area contributed by atoms with Gasteiger partial charge in [0.1, 0.15) is 18.3 Å². The third-order valence-electron chi connectivity index (χ3n) is 6.55. The monoisotopic (exact) mass is 639 g/mol. The second-order valence-electron chi connectivity index (χ2n) is 9.42. The van der Waals surface area contributed by atoms with Crippen molar-refractivity contribution in [1.29, 1.82) is 0 Å². The molecule has 41 heavy (non-hydrogen) atoms. The number of hydrogen-bond donors (Lipinski definition) is 1. The molecule has 1 N–H and O–H groups in total. The molecule has 0 fully saturated rings. The van der Waals surface area contributed by atoms with Gasteiger partial charge < -0.3 is 15.0 Å². The fraction of sp³-hybridized carbons (Fsp3) is 0.310. The molecular weight excluding hydrogens is 609 g/mol. The first-order chi connectivity index (χ1) is 19.4. The number of nitrogens with one attached hydrogen (secondary N) is 1. The molecule has 220 valence electrons. The average molecular weight is 641 g/mol. The van der Waals surface area contributed by atoms with E-state index in [1.54, 1.807) is 37.3 Å². The van der Waals surface area contributed by atoms with Crippen LogP contribution in [0.5, 0.6) is 5.75 Å². The van der Waals surface area contributed by atoms with Gasteiger partial charge in [0.25, 0.3) is 10.0 Å².